The van der Waals surface area contributed by atoms with Crippen molar-refractivity contribution in [2.45, 2.75) is 64.0 Å². The van der Waals surface area contributed by atoms with E-state index >= 15 is 0 Å². The van der Waals surface area contributed by atoms with Gasteiger partial charge in [0.2, 0.25) is 0 Å². The van der Waals surface area contributed by atoms with Gasteiger partial charge in [0, 0.05) is 18.6 Å². The first kappa shape index (κ1) is 18.1. The first-order valence-corrected chi connectivity index (χ1v) is 9.86. The minimum atomic E-state index is -1.14. The van der Waals surface area contributed by atoms with Crippen molar-refractivity contribution in [1.82, 2.24) is 10.2 Å². The van der Waals surface area contributed by atoms with E-state index in [1.54, 1.807) is 0 Å². The van der Waals surface area contributed by atoms with E-state index in [2.05, 4.69) is 31.0 Å². The summed E-state index contributed by atoms with van der Waals surface area (Å²) < 4.78 is 0. The number of carbonyl (C=O) groups excluding carboxylic acids is 1. The molecule has 5 heteroatoms. The summed E-state index contributed by atoms with van der Waals surface area (Å²) in [6.45, 7) is 9.51. The van der Waals surface area contributed by atoms with Crippen LogP contribution in [0.1, 0.15) is 52.9 Å². The van der Waals surface area contributed by atoms with Crippen LogP contribution < -0.4 is 5.32 Å². The number of nitrogens with one attached hydrogen (secondary N) is 1. The van der Waals surface area contributed by atoms with E-state index in [0.717, 1.165) is 30.5 Å². The Morgan fingerprint density at radius 3 is 2.73 bits per heavy atom. The van der Waals surface area contributed by atoms with Gasteiger partial charge in [-0.3, -0.25) is 9.69 Å². The molecule has 1 atom stereocenters. The molecule has 0 saturated carbocycles. The predicted molar refractivity (Wildman–Crippen MR) is 93.2 cm³/mol. The van der Waals surface area contributed by atoms with Gasteiger partial charge in [-0.05, 0) is 63.5 Å². The maximum absolute atomic E-state index is 12.4. The van der Waals surface area contributed by atoms with Gasteiger partial charge in [-0.1, -0.05) is 13.3 Å². The van der Waals surface area contributed by atoms with Gasteiger partial charge in [0.25, 0.3) is 5.91 Å². The molecule has 0 spiro atoms. The van der Waals surface area contributed by atoms with Crippen molar-refractivity contribution in [3.8, 4) is 0 Å². The molecule has 2 aliphatic heterocycles. The zero-order valence-electron chi connectivity index (χ0n) is 14.4. The van der Waals surface area contributed by atoms with Gasteiger partial charge in [-0.25, -0.2) is 0 Å². The molecule has 1 unspecified atom stereocenters. The fourth-order valence-corrected chi connectivity index (χ4v) is 4.63. The maximum atomic E-state index is 12.4. The summed E-state index contributed by atoms with van der Waals surface area (Å²) in [5, 5.41) is 13.5. The predicted octanol–water partition coefficient (Wildman–Crippen LogP) is 2.26. The number of hydrogen-bond acceptors (Lipinski definition) is 4. The van der Waals surface area contributed by atoms with Crippen molar-refractivity contribution in [3.63, 3.8) is 0 Å². The zero-order valence-corrected chi connectivity index (χ0v) is 15.2. The van der Waals surface area contributed by atoms with Crippen LogP contribution in [0.3, 0.4) is 0 Å². The largest absolute Gasteiger partial charge is 0.380 e. The summed E-state index contributed by atoms with van der Waals surface area (Å²) in [5.74, 6) is 2.35. The molecule has 2 saturated heterocycles. The van der Waals surface area contributed by atoms with Crippen LogP contribution >= 0.6 is 11.8 Å². The Morgan fingerprint density at radius 2 is 2.09 bits per heavy atom. The normalized spacial score (nSPS) is 26.6. The number of nitrogens with zero attached hydrogens (tertiary/aromatic N) is 1. The Morgan fingerprint density at radius 1 is 1.41 bits per heavy atom. The Labute approximate surface area is 139 Å². The van der Waals surface area contributed by atoms with Crippen LogP contribution in [-0.2, 0) is 4.79 Å². The van der Waals surface area contributed by atoms with E-state index in [1.165, 1.54) is 19.3 Å². The fourth-order valence-electron chi connectivity index (χ4n) is 3.46. The molecule has 2 N–H and O–H groups in total. The number of aliphatic hydroxyl groups is 1. The lowest BCUT2D eigenvalue weighted by atomic mass is 9.90. The number of amides is 1. The SMILES string of the molecule is CCC1CCCN(C(C)(C)CNC(=O)C2(O)CCSCC2)C1. The molecule has 2 aliphatic rings. The van der Waals surface area contributed by atoms with E-state index in [4.69, 9.17) is 0 Å². The summed E-state index contributed by atoms with van der Waals surface area (Å²) in [6, 6.07) is 0. The lowest BCUT2D eigenvalue weighted by Crippen LogP contribution is -2.58. The highest BCUT2D eigenvalue weighted by molar-refractivity contribution is 7.99. The molecule has 0 radical (unpaired) electrons. The van der Waals surface area contributed by atoms with Crippen LogP contribution in [0.5, 0.6) is 0 Å². The Kier molecular flexibility index (Phi) is 6.20. The topological polar surface area (TPSA) is 52.6 Å². The molecule has 0 bridgehead atoms. The number of thioether (sulfide) groups is 1. The molecule has 4 nitrogen and oxygen atoms in total. The molecular weight excluding hydrogens is 296 g/mol. The molecule has 0 aromatic heterocycles. The lowest BCUT2D eigenvalue weighted by molar-refractivity contribution is -0.141. The summed E-state index contributed by atoms with van der Waals surface area (Å²) in [6.07, 6.45) is 4.96. The van der Waals surface area contributed by atoms with Crippen molar-refractivity contribution >= 4 is 17.7 Å². The van der Waals surface area contributed by atoms with Crippen molar-refractivity contribution in [3.05, 3.63) is 0 Å². The molecule has 2 fully saturated rings. The molecular formula is C17H32N2O2S. The van der Waals surface area contributed by atoms with E-state index in [1.807, 2.05) is 11.8 Å². The average molecular weight is 329 g/mol. The van der Waals surface area contributed by atoms with Gasteiger partial charge in [0.05, 0.1) is 0 Å². The van der Waals surface area contributed by atoms with Crippen LogP contribution in [-0.4, -0.2) is 58.2 Å². The van der Waals surface area contributed by atoms with Gasteiger partial charge >= 0.3 is 0 Å². The number of piperidine rings is 1. The van der Waals surface area contributed by atoms with Gasteiger partial charge in [0.1, 0.15) is 5.60 Å². The van der Waals surface area contributed by atoms with Crippen LogP contribution in [0.15, 0.2) is 0 Å². The summed E-state index contributed by atoms with van der Waals surface area (Å²) >= 11 is 1.82. The third-order valence-electron chi connectivity index (χ3n) is 5.38. The summed E-state index contributed by atoms with van der Waals surface area (Å²) in [7, 11) is 0. The summed E-state index contributed by atoms with van der Waals surface area (Å²) in [4.78, 5) is 14.9. The highest BCUT2D eigenvalue weighted by Crippen LogP contribution is 2.28. The average Bonchev–Trinajstić information content (AvgIpc) is 2.53. The van der Waals surface area contributed by atoms with E-state index < -0.39 is 5.60 Å². The lowest BCUT2D eigenvalue weighted by Gasteiger charge is -2.44. The Hall–Kier alpha value is -0.260. The van der Waals surface area contributed by atoms with Gasteiger partial charge in [0.15, 0.2) is 0 Å². The second-order valence-corrected chi connectivity index (χ2v) is 8.73. The van der Waals surface area contributed by atoms with Gasteiger partial charge in [-0.2, -0.15) is 11.8 Å². The standard InChI is InChI=1S/C17H32N2O2S/c1-4-14-6-5-9-19(12-14)16(2,3)13-18-15(20)17(21)7-10-22-11-8-17/h14,21H,4-13H2,1-3H3,(H,18,20). The first-order chi connectivity index (χ1) is 10.4. The minimum absolute atomic E-state index is 0.0523. The Balaban J connectivity index is 1.87. The highest BCUT2D eigenvalue weighted by atomic mass is 32.2. The minimum Gasteiger partial charge on any atom is -0.380 e. The Bertz CT molecular complexity index is 381. The number of rotatable bonds is 5. The van der Waals surface area contributed by atoms with Crippen molar-refractivity contribution in [1.29, 1.82) is 0 Å². The molecule has 0 aliphatic carbocycles. The fraction of sp³-hybridized carbons (Fsp3) is 0.941. The smallest absolute Gasteiger partial charge is 0.252 e. The zero-order chi connectivity index (χ0) is 16.2. The molecule has 2 rings (SSSR count). The van der Waals surface area contributed by atoms with Crippen molar-refractivity contribution in [2.24, 2.45) is 5.92 Å². The molecule has 1 amide bonds. The maximum Gasteiger partial charge on any atom is 0.252 e. The van der Waals surface area contributed by atoms with Crippen LogP contribution in [0.2, 0.25) is 0 Å². The molecule has 2 heterocycles. The van der Waals surface area contributed by atoms with E-state index in [9.17, 15) is 9.90 Å². The molecule has 0 aromatic carbocycles. The summed E-state index contributed by atoms with van der Waals surface area (Å²) in [5.41, 5.74) is -1.20. The van der Waals surface area contributed by atoms with Gasteiger partial charge < -0.3 is 10.4 Å². The van der Waals surface area contributed by atoms with Crippen molar-refractivity contribution < 1.29 is 9.90 Å². The quantitative estimate of drug-likeness (QED) is 0.813. The van der Waals surface area contributed by atoms with Crippen LogP contribution in [0, 0.1) is 5.92 Å². The number of carbonyl (C=O) groups is 1. The van der Waals surface area contributed by atoms with E-state index in [0.29, 0.717) is 19.4 Å². The second-order valence-electron chi connectivity index (χ2n) is 7.50. The van der Waals surface area contributed by atoms with Crippen LogP contribution in [0.25, 0.3) is 0 Å². The van der Waals surface area contributed by atoms with Gasteiger partial charge in [-0.15, -0.1) is 0 Å². The molecule has 22 heavy (non-hydrogen) atoms. The molecule has 0 aromatic rings. The monoisotopic (exact) mass is 328 g/mol. The second kappa shape index (κ2) is 7.54. The number of likely N-dealkylation sites (tertiary alicyclic amines) is 1. The molecule has 128 valence electrons. The number of hydrogen-bond donors (Lipinski definition) is 2. The van der Waals surface area contributed by atoms with E-state index in [-0.39, 0.29) is 11.4 Å². The van der Waals surface area contributed by atoms with Crippen LogP contribution in [0.4, 0.5) is 0 Å². The van der Waals surface area contributed by atoms with Crippen molar-refractivity contribution in [2.75, 3.05) is 31.1 Å². The third-order valence-corrected chi connectivity index (χ3v) is 6.36. The third kappa shape index (κ3) is 4.39. The highest BCUT2D eigenvalue weighted by Gasteiger charge is 2.39. The first-order valence-electron chi connectivity index (χ1n) is 8.71.